The Bertz CT molecular complexity index is 916. The van der Waals surface area contributed by atoms with Gasteiger partial charge in [-0.25, -0.2) is 10.1 Å². The summed E-state index contributed by atoms with van der Waals surface area (Å²) in [7, 11) is 0. The molecule has 3 heterocycles. The minimum absolute atomic E-state index is 0.307. The largest absolute Gasteiger partial charge is 0.341 e. The predicted octanol–water partition coefficient (Wildman–Crippen LogP) is 2.64. The van der Waals surface area contributed by atoms with E-state index in [1.165, 1.54) is 12.8 Å². The number of H-pyrrole nitrogens is 1. The van der Waals surface area contributed by atoms with E-state index in [9.17, 15) is 4.79 Å². The van der Waals surface area contributed by atoms with Gasteiger partial charge in [-0.1, -0.05) is 31.0 Å². The van der Waals surface area contributed by atoms with Crippen LogP contribution in [0.15, 0.2) is 35.3 Å². The number of aromatic amines is 1. The molecule has 1 fully saturated rings. The SMILES string of the molecule is O=c1[nH]ncc2nc(N3CCCCCC3)nc(Nc3[c]cccc3)c12. The molecule has 2 N–H and O–H groups in total. The molecule has 0 aliphatic carbocycles. The maximum absolute atomic E-state index is 12.3. The van der Waals surface area contributed by atoms with Gasteiger partial charge in [0, 0.05) is 24.8 Å². The van der Waals surface area contributed by atoms with Gasteiger partial charge in [-0.3, -0.25) is 4.79 Å². The summed E-state index contributed by atoms with van der Waals surface area (Å²) in [6.45, 7) is 1.86. The number of nitrogens with zero attached hydrogens (tertiary/aromatic N) is 4. The number of anilines is 3. The highest BCUT2D eigenvalue weighted by Gasteiger charge is 2.17. The zero-order chi connectivity index (χ0) is 17.1. The van der Waals surface area contributed by atoms with Crippen molar-refractivity contribution in [2.75, 3.05) is 23.3 Å². The van der Waals surface area contributed by atoms with Crippen LogP contribution in [0.25, 0.3) is 10.9 Å². The lowest BCUT2D eigenvalue weighted by Gasteiger charge is -2.21. The quantitative estimate of drug-likeness (QED) is 0.765. The van der Waals surface area contributed by atoms with Gasteiger partial charge < -0.3 is 10.2 Å². The van der Waals surface area contributed by atoms with E-state index in [0.29, 0.717) is 22.7 Å². The molecule has 0 spiro atoms. The van der Waals surface area contributed by atoms with E-state index in [4.69, 9.17) is 0 Å². The molecule has 0 unspecified atom stereocenters. The molecular formula is C18H19N6O. The van der Waals surface area contributed by atoms with Gasteiger partial charge in [0.1, 0.15) is 16.7 Å². The first-order chi connectivity index (χ1) is 12.3. The van der Waals surface area contributed by atoms with Crippen LogP contribution in [0.2, 0.25) is 0 Å². The van der Waals surface area contributed by atoms with Crippen LogP contribution >= 0.6 is 0 Å². The lowest BCUT2D eigenvalue weighted by atomic mass is 10.2. The Balaban J connectivity index is 1.81. The average Bonchev–Trinajstić information content (AvgIpc) is 2.92. The van der Waals surface area contributed by atoms with Crippen molar-refractivity contribution in [2.45, 2.75) is 25.7 Å². The standard InChI is InChI=1S/C18H19N6O/c25-17-15-14(12-19-23-17)21-18(24-10-6-1-2-7-11-24)22-16(15)20-13-8-4-3-5-9-13/h3-5,8,12H,1-2,6-7,10-11H2,(H,23,25)(H,20,21,22). The molecule has 3 aromatic rings. The molecule has 4 rings (SSSR count). The van der Waals surface area contributed by atoms with E-state index >= 15 is 0 Å². The minimum atomic E-state index is -0.307. The summed E-state index contributed by atoms with van der Waals surface area (Å²) in [6.07, 6.45) is 6.29. The Morgan fingerprint density at radius 3 is 2.72 bits per heavy atom. The van der Waals surface area contributed by atoms with Gasteiger partial charge >= 0.3 is 0 Å². The zero-order valence-corrected chi connectivity index (χ0v) is 13.8. The maximum atomic E-state index is 12.3. The van der Waals surface area contributed by atoms with Crippen LogP contribution in [0.4, 0.5) is 17.5 Å². The first-order valence-corrected chi connectivity index (χ1v) is 8.55. The van der Waals surface area contributed by atoms with Gasteiger partial charge in [-0.15, -0.1) is 0 Å². The van der Waals surface area contributed by atoms with E-state index in [2.05, 4.69) is 36.4 Å². The van der Waals surface area contributed by atoms with Crippen LogP contribution in [-0.2, 0) is 0 Å². The number of nitrogens with one attached hydrogen (secondary N) is 2. The monoisotopic (exact) mass is 335 g/mol. The molecule has 1 aliphatic heterocycles. The van der Waals surface area contributed by atoms with Gasteiger partial charge in [0.15, 0.2) is 0 Å². The third-order valence-corrected chi connectivity index (χ3v) is 4.36. The fourth-order valence-corrected chi connectivity index (χ4v) is 3.09. The van der Waals surface area contributed by atoms with Crippen LogP contribution in [0.3, 0.4) is 0 Å². The van der Waals surface area contributed by atoms with Crippen molar-refractivity contribution in [3.8, 4) is 0 Å². The zero-order valence-electron chi connectivity index (χ0n) is 13.8. The normalized spacial score (nSPS) is 15.1. The van der Waals surface area contributed by atoms with Gasteiger partial charge in [0.05, 0.1) is 6.20 Å². The van der Waals surface area contributed by atoms with Crippen molar-refractivity contribution in [1.29, 1.82) is 0 Å². The fraction of sp³-hybridized carbons (Fsp3) is 0.333. The number of para-hydroxylation sites is 1. The number of benzene rings is 1. The van der Waals surface area contributed by atoms with Crippen molar-refractivity contribution in [3.63, 3.8) is 0 Å². The average molecular weight is 335 g/mol. The Morgan fingerprint density at radius 2 is 1.96 bits per heavy atom. The van der Waals surface area contributed by atoms with Crippen LogP contribution in [0, 0.1) is 6.07 Å². The first kappa shape index (κ1) is 15.6. The van der Waals surface area contributed by atoms with Gasteiger partial charge in [0.25, 0.3) is 5.56 Å². The molecular weight excluding hydrogens is 316 g/mol. The van der Waals surface area contributed by atoms with Crippen LogP contribution in [0.1, 0.15) is 25.7 Å². The molecule has 25 heavy (non-hydrogen) atoms. The second-order valence-corrected chi connectivity index (χ2v) is 6.13. The highest BCUT2D eigenvalue weighted by atomic mass is 16.1. The van der Waals surface area contributed by atoms with Crippen molar-refractivity contribution in [2.24, 2.45) is 0 Å². The predicted molar refractivity (Wildman–Crippen MR) is 97.2 cm³/mol. The van der Waals surface area contributed by atoms with E-state index < -0.39 is 0 Å². The molecule has 0 atom stereocenters. The number of rotatable bonds is 3. The summed E-state index contributed by atoms with van der Waals surface area (Å²) in [5, 5.41) is 9.95. The number of hydrogen-bond donors (Lipinski definition) is 2. The second kappa shape index (κ2) is 6.88. The Hall–Kier alpha value is -2.96. The Labute approximate surface area is 145 Å². The van der Waals surface area contributed by atoms with Crippen molar-refractivity contribution in [1.82, 2.24) is 20.2 Å². The lowest BCUT2D eigenvalue weighted by Crippen LogP contribution is -2.26. The molecule has 1 saturated heterocycles. The summed E-state index contributed by atoms with van der Waals surface area (Å²) < 4.78 is 0. The molecule has 1 radical (unpaired) electrons. The molecule has 127 valence electrons. The Kier molecular flexibility index (Phi) is 4.28. The van der Waals surface area contributed by atoms with Gasteiger partial charge in [-0.05, 0) is 18.9 Å². The number of fused-ring (bicyclic) bond motifs is 1. The molecule has 2 aromatic heterocycles. The highest BCUT2D eigenvalue weighted by molar-refractivity contribution is 5.90. The molecule has 0 amide bonds. The fourth-order valence-electron chi connectivity index (χ4n) is 3.09. The van der Waals surface area contributed by atoms with Crippen LogP contribution < -0.4 is 15.8 Å². The Morgan fingerprint density at radius 1 is 1.12 bits per heavy atom. The van der Waals surface area contributed by atoms with Crippen molar-refractivity contribution < 1.29 is 0 Å². The number of hydrogen-bond acceptors (Lipinski definition) is 6. The third-order valence-electron chi connectivity index (χ3n) is 4.36. The molecule has 7 nitrogen and oxygen atoms in total. The van der Waals surface area contributed by atoms with E-state index in [-0.39, 0.29) is 5.56 Å². The first-order valence-electron chi connectivity index (χ1n) is 8.55. The van der Waals surface area contributed by atoms with Crippen LogP contribution in [-0.4, -0.2) is 33.3 Å². The van der Waals surface area contributed by atoms with Gasteiger partial charge in [0.2, 0.25) is 5.95 Å². The third kappa shape index (κ3) is 3.31. The lowest BCUT2D eigenvalue weighted by molar-refractivity contribution is 0.726. The van der Waals surface area contributed by atoms with E-state index in [0.717, 1.165) is 31.6 Å². The smallest absolute Gasteiger partial charge is 0.277 e. The summed E-state index contributed by atoms with van der Waals surface area (Å²) in [5.74, 6) is 1.12. The summed E-state index contributed by atoms with van der Waals surface area (Å²) >= 11 is 0. The molecule has 1 aliphatic rings. The summed E-state index contributed by atoms with van der Waals surface area (Å²) in [6, 6.07) is 10.6. The summed E-state index contributed by atoms with van der Waals surface area (Å²) in [5.41, 5.74) is 0.982. The van der Waals surface area contributed by atoms with E-state index in [1.807, 2.05) is 24.3 Å². The summed E-state index contributed by atoms with van der Waals surface area (Å²) in [4.78, 5) is 23.7. The number of aromatic nitrogens is 4. The molecule has 0 saturated carbocycles. The van der Waals surface area contributed by atoms with Crippen LogP contribution in [0.5, 0.6) is 0 Å². The molecule has 0 bridgehead atoms. The van der Waals surface area contributed by atoms with Crippen molar-refractivity contribution >= 4 is 28.4 Å². The molecule has 1 aromatic carbocycles. The topological polar surface area (TPSA) is 86.8 Å². The second-order valence-electron chi connectivity index (χ2n) is 6.13. The van der Waals surface area contributed by atoms with E-state index in [1.54, 1.807) is 6.20 Å². The minimum Gasteiger partial charge on any atom is -0.341 e. The van der Waals surface area contributed by atoms with Crippen molar-refractivity contribution in [3.05, 3.63) is 46.9 Å². The highest BCUT2D eigenvalue weighted by Crippen LogP contribution is 2.24. The van der Waals surface area contributed by atoms with Gasteiger partial charge in [-0.2, -0.15) is 10.1 Å². The molecule has 7 heteroatoms. The maximum Gasteiger partial charge on any atom is 0.277 e.